The Kier molecular flexibility index (Phi) is 32.1. The Morgan fingerprint density at radius 3 is 1.40 bits per heavy atom. The van der Waals surface area contributed by atoms with Gasteiger partial charge >= 0.3 is 5.97 Å². The molecular weight excluding hydrogens is 1090 g/mol. The standard InChI is InChI=1S/C62H111N11O12/c1-25-27-28-40(15)52-50(63-18)56(78)66-43(26-2)58(80)68(19)33-48(74)69(20)44(29-34(3)4)55(77)67-49(38(11)12)61(83)70(21)45(30-35(5)6)54(76)64-41(16)53(75)65-42(17)57(79)71(22)46(31-36(7)8)59(81)72(23)47(32-37(9)10)60(82)73(24)51(39(13)14)62(84)85-52/h25,27,34-47,49-52,63H,26,28-33H2,1-24H3,(H,64,76)(H,65,75)(H,66,78)(H,67,77)/b27-25+/t40-,41+,42-,43+,44+,45+,46+,47+,49+,50+,51+,52-/m1/s1. The summed E-state index contributed by atoms with van der Waals surface area (Å²) in [4.78, 5) is 167. The van der Waals surface area contributed by atoms with E-state index < -0.39 is 156 Å². The van der Waals surface area contributed by atoms with Crippen LogP contribution in [0.4, 0.5) is 0 Å². The number of amides is 10. The molecule has 486 valence electrons. The summed E-state index contributed by atoms with van der Waals surface area (Å²) in [6, 6.07) is -11.7. The number of cyclic esters (lactones) is 1. The molecule has 0 aromatic carbocycles. The first-order valence-electron chi connectivity index (χ1n) is 30.6. The SMILES string of the molecule is C/C=C/C[C@@H](C)[C@H]1OC(=O)[C@H](C(C)C)N(C)C(=O)[C@H](CC(C)C)N(C)C(=O)[C@H](CC(C)C)N(C)C(=O)[C@@H](C)NC(=O)[C@H](C)NC(=O)[C@H](CC(C)C)N(C)C(=O)[C@H](C(C)C)NC(=O)[C@H](CC(C)C)N(C)C(=O)CN(C)C(=O)[C@H](CC)NC(=O)[C@H]1NC. The van der Waals surface area contributed by atoms with Gasteiger partial charge in [0, 0.05) is 42.3 Å². The molecule has 5 N–H and O–H groups in total. The molecule has 0 aromatic rings. The van der Waals surface area contributed by atoms with Gasteiger partial charge in [0.1, 0.15) is 66.5 Å². The van der Waals surface area contributed by atoms with Gasteiger partial charge in [-0.3, -0.25) is 47.9 Å². The zero-order valence-electron chi connectivity index (χ0n) is 56.1. The minimum Gasteiger partial charge on any atom is -0.458 e. The predicted octanol–water partition coefficient (Wildman–Crippen LogP) is 3.58. The number of likely N-dealkylation sites (N-methyl/N-ethyl adjacent to an activating group) is 7. The Balaban J connectivity index is 4.25. The predicted molar refractivity (Wildman–Crippen MR) is 329 cm³/mol. The number of carbonyl (C=O) groups is 11. The second kappa shape index (κ2) is 35.5. The molecule has 1 aliphatic rings. The van der Waals surface area contributed by atoms with Crippen LogP contribution < -0.4 is 26.6 Å². The molecule has 23 nitrogen and oxygen atoms in total. The van der Waals surface area contributed by atoms with Crippen LogP contribution in [0.15, 0.2) is 12.2 Å². The molecule has 1 fully saturated rings. The molecule has 0 saturated carbocycles. The van der Waals surface area contributed by atoms with Crippen molar-refractivity contribution in [2.24, 2.45) is 41.4 Å². The fraction of sp³-hybridized carbons (Fsp3) is 0.790. The zero-order valence-corrected chi connectivity index (χ0v) is 56.1. The molecule has 1 rings (SSSR count). The van der Waals surface area contributed by atoms with Crippen LogP contribution in [0.3, 0.4) is 0 Å². The van der Waals surface area contributed by atoms with E-state index >= 15 is 4.79 Å². The maximum Gasteiger partial charge on any atom is 0.329 e. The molecule has 10 amide bonds. The van der Waals surface area contributed by atoms with Gasteiger partial charge in [-0.2, -0.15) is 0 Å². The number of allylic oxidation sites excluding steroid dienone is 2. The van der Waals surface area contributed by atoms with E-state index in [9.17, 15) is 47.9 Å². The van der Waals surface area contributed by atoms with Crippen molar-refractivity contribution in [3.8, 4) is 0 Å². The van der Waals surface area contributed by atoms with E-state index in [4.69, 9.17) is 4.74 Å². The van der Waals surface area contributed by atoms with Crippen molar-refractivity contribution < 1.29 is 57.5 Å². The fourth-order valence-corrected chi connectivity index (χ4v) is 10.6. The Morgan fingerprint density at radius 2 is 0.953 bits per heavy atom. The summed E-state index contributed by atoms with van der Waals surface area (Å²) in [5.74, 6) is -9.18. The molecule has 0 radical (unpaired) electrons. The van der Waals surface area contributed by atoms with E-state index in [2.05, 4.69) is 26.6 Å². The van der Waals surface area contributed by atoms with E-state index in [-0.39, 0.29) is 55.8 Å². The summed E-state index contributed by atoms with van der Waals surface area (Å²) in [5.41, 5.74) is 0. The average Bonchev–Trinajstić information content (AvgIpc) is 3.63. The lowest BCUT2D eigenvalue weighted by Gasteiger charge is -2.40. The highest BCUT2D eigenvalue weighted by Crippen LogP contribution is 2.25. The number of hydrogen-bond donors (Lipinski definition) is 5. The van der Waals surface area contributed by atoms with Crippen molar-refractivity contribution in [2.75, 3.05) is 55.9 Å². The summed E-state index contributed by atoms with van der Waals surface area (Å²) in [7, 11) is 10.2. The fourth-order valence-electron chi connectivity index (χ4n) is 10.6. The minimum absolute atomic E-state index is 0.0974. The molecule has 0 spiro atoms. The van der Waals surface area contributed by atoms with Crippen molar-refractivity contribution in [2.45, 2.75) is 223 Å². The number of ether oxygens (including phenoxy) is 1. The van der Waals surface area contributed by atoms with Gasteiger partial charge in [-0.15, -0.1) is 0 Å². The summed E-state index contributed by atoms with van der Waals surface area (Å²) in [5, 5.41) is 14.1. The average molecular weight is 1200 g/mol. The van der Waals surface area contributed by atoms with Gasteiger partial charge in [-0.25, -0.2) is 4.79 Å². The second-order valence-electron chi connectivity index (χ2n) is 25.9. The lowest BCUT2D eigenvalue weighted by atomic mass is 9.92. The van der Waals surface area contributed by atoms with E-state index in [0.29, 0.717) is 6.42 Å². The third kappa shape index (κ3) is 22.3. The lowest BCUT2D eigenvalue weighted by molar-refractivity contribution is -0.167. The molecule has 1 aliphatic heterocycles. The Hall–Kier alpha value is -6.13. The molecule has 1 heterocycles. The summed E-state index contributed by atoms with van der Waals surface area (Å²) >= 11 is 0. The number of rotatable bonds is 15. The third-order valence-electron chi connectivity index (χ3n) is 15.9. The smallest absolute Gasteiger partial charge is 0.329 e. The number of nitrogens with one attached hydrogen (secondary N) is 5. The van der Waals surface area contributed by atoms with Crippen molar-refractivity contribution in [1.29, 1.82) is 0 Å². The largest absolute Gasteiger partial charge is 0.458 e. The lowest BCUT2D eigenvalue weighted by Crippen LogP contribution is -2.61. The first-order chi connectivity index (χ1) is 39.3. The molecule has 0 aromatic heterocycles. The summed E-state index contributed by atoms with van der Waals surface area (Å²) in [6.07, 6.45) is 3.69. The highest BCUT2D eigenvalue weighted by molar-refractivity contribution is 5.98. The van der Waals surface area contributed by atoms with Crippen molar-refractivity contribution in [3.63, 3.8) is 0 Å². The van der Waals surface area contributed by atoms with Crippen LogP contribution in [0.5, 0.6) is 0 Å². The van der Waals surface area contributed by atoms with Crippen LogP contribution in [0.1, 0.15) is 156 Å². The van der Waals surface area contributed by atoms with E-state index in [0.717, 1.165) is 4.90 Å². The Morgan fingerprint density at radius 1 is 0.518 bits per heavy atom. The molecule has 0 unspecified atom stereocenters. The topological polar surface area (TPSA) is 277 Å². The van der Waals surface area contributed by atoms with Gasteiger partial charge in [-0.1, -0.05) is 109 Å². The Bertz CT molecular complexity index is 2310. The third-order valence-corrected chi connectivity index (χ3v) is 15.9. The molecule has 85 heavy (non-hydrogen) atoms. The molecular formula is C62H111N11O12. The van der Waals surface area contributed by atoms with Gasteiger partial charge in [0.25, 0.3) is 0 Å². The number of carbonyl (C=O) groups excluding carboxylic acids is 11. The Labute approximate surface area is 509 Å². The highest BCUT2D eigenvalue weighted by atomic mass is 16.5. The van der Waals surface area contributed by atoms with E-state index in [1.54, 1.807) is 34.6 Å². The summed E-state index contributed by atoms with van der Waals surface area (Å²) < 4.78 is 6.35. The number of hydrogen-bond acceptors (Lipinski definition) is 13. The van der Waals surface area contributed by atoms with E-state index in [1.165, 1.54) is 87.7 Å². The second-order valence-corrected chi connectivity index (χ2v) is 25.9. The van der Waals surface area contributed by atoms with Gasteiger partial charge in [0.05, 0.1) is 6.54 Å². The van der Waals surface area contributed by atoms with Gasteiger partial charge < -0.3 is 60.7 Å². The van der Waals surface area contributed by atoms with Crippen LogP contribution in [0.2, 0.25) is 0 Å². The maximum atomic E-state index is 15.0. The maximum absolute atomic E-state index is 15.0. The van der Waals surface area contributed by atoms with Crippen LogP contribution in [-0.2, 0) is 57.5 Å². The first kappa shape index (κ1) is 76.9. The molecule has 23 heteroatoms. The molecule has 0 aliphatic carbocycles. The van der Waals surface area contributed by atoms with Crippen molar-refractivity contribution in [3.05, 3.63) is 12.2 Å². The van der Waals surface area contributed by atoms with Crippen LogP contribution >= 0.6 is 0 Å². The normalized spacial score (nSPS) is 27.4. The molecule has 1 saturated heterocycles. The van der Waals surface area contributed by atoms with Gasteiger partial charge in [-0.05, 0) is 108 Å². The van der Waals surface area contributed by atoms with Crippen LogP contribution in [0, 0.1) is 41.4 Å². The summed E-state index contributed by atoms with van der Waals surface area (Å²) in [6.45, 7) is 29.7. The number of nitrogens with zero attached hydrogens (tertiary/aromatic N) is 6. The number of esters is 1. The zero-order chi connectivity index (χ0) is 65.8. The first-order valence-corrected chi connectivity index (χ1v) is 30.6. The van der Waals surface area contributed by atoms with Crippen molar-refractivity contribution >= 4 is 65.0 Å². The van der Waals surface area contributed by atoms with Crippen molar-refractivity contribution in [1.82, 2.24) is 56.0 Å². The molecule has 12 atom stereocenters. The monoisotopic (exact) mass is 1200 g/mol. The van der Waals surface area contributed by atoms with Gasteiger partial charge in [0.2, 0.25) is 59.1 Å². The minimum atomic E-state index is -1.23. The molecule has 0 bridgehead atoms. The highest BCUT2D eigenvalue weighted by Gasteiger charge is 2.44. The van der Waals surface area contributed by atoms with Crippen LogP contribution in [-0.4, -0.2) is 217 Å². The van der Waals surface area contributed by atoms with Crippen LogP contribution in [0.25, 0.3) is 0 Å². The quantitative estimate of drug-likeness (QED) is 0.116. The van der Waals surface area contributed by atoms with E-state index in [1.807, 2.05) is 81.4 Å². The van der Waals surface area contributed by atoms with Gasteiger partial charge in [0.15, 0.2) is 0 Å².